The number of ether oxygens (including phenoxy) is 1. The molecular formula is C11H13NO2. The molecule has 1 heterocycles. The van der Waals surface area contributed by atoms with Crippen LogP contribution in [0.25, 0.3) is 0 Å². The molecular weight excluding hydrogens is 178 g/mol. The molecule has 3 nitrogen and oxygen atoms in total. The van der Waals surface area contributed by atoms with Crippen LogP contribution >= 0.6 is 0 Å². The van der Waals surface area contributed by atoms with Crippen molar-refractivity contribution in [3.63, 3.8) is 0 Å². The smallest absolute Gasteiger partial charge is 0.234 e. The minimum atomic E-state index is -0.454. The van der Waals surface area contributed by atoms with Crippen molar-refractivity contribution < 1.29 is 9.53 Å². The normalized spacial score (nSPS) is 17.5. The van der Waals surface area contributed by atoms with E-state index in [2.05, 4.69) is 5.32 Å². The lowest BCUT2D eigenvalue weighted by atomic mass is 9.86. The van der Waals surface area contributed by atoms with Gasteiger partial charge in [-0.25, -0.2) is 0 Å². The van der Waals surface area contributed by atoms with Crippen LogP contribution in [0.3, 0.4) is 0 Å². The molecule has 1 aromatic rings. The first kappa shape index (κ1) is 9.06. The fourth-order valence-corrected chi connectivity index (χ4v) is 1.74. The molecule has 0 saturated carbocycles. The van der Waals surface area contributed by atoms with E-state index in [1.54, 1.807) is 7.11 Å². The van der Waals surface area contributed by atoms with Gasteiger partial charge in [-0.3, -0.25) is 4.79 Å². The van der Waals surface area contributed by atoms with E-state index in [1.807, 2.05) is 32.0 Å². The molecule has 2 rings (SSSR count). The third-order valence-electron chi connectivity index (χ3n) is 2.73. The van der Waals surface area contributed by atoms with Crippen LogP contribution in [0.15, 0.2) is 18.2 Å². The van der Waals surface area contributed by atoms with Crippen LogP contribution in [0.2, 0.25) is 0 Å². The fraction of sp³-hybridized carbons (Fsp3) is 0.364. The standard InChI is InChI=1S/C11H13NO2/c1-11(2)7-5-4-6-8(14-3)9(7)12-10(11)13/h4-6H,1-3H3,(H,12,13). The number of carbonyl (C=O) groups is 1. The Balaban J connectivity index is 2.63. The van der Waals surface area contributed by atoms with E-state index < -0.39 is 5.41 Å². The molecule has 0 spiro atoms. The lowest BCUT2D eigenvalue weighted by Crippen LogP contribution is -2.26. The topological polar surface area (TPSA) is 38.3 Å². The Labute approximate surface area is 83.1 Å². The lowest BCUT2D eigenvalue weighted by molar-refractivity contribution is -0.119. The van der Waals surface area contributed by atoms with Gasteiger partial charge in [-0.1, -0.05) is 12.1 Å². The Morgan fingerprint density at radius 1 is 1.36 bits per heavy atom. The number of benzene rings is 1. The molecule has 0 atom stereocenters. The maximum absolute atomic E-state index is 11.7. The summed E-state index contributed by atoms with van der Waals surface area (Å²) in [5, 5.41) is 2.84. The van der Waals surface area contributed by atoms with Crippen molar-refractivity contribution in [3.8, 4) is 5.75 Å². The van der Waals surface area contributed by atoms with E-state index in [9.17, 15) is 4.79 Å². The van der Waals surface area contributed by atoms with Crippen LogP contribution < -0.4 is 10.1 Å². The zero-order valence-corrected chi connectivity index (χ0v) is 8.55. The molecule has 1 N–H and O–H groups in total. The van der Waals surface area contributed by atoms with Gasteiger partial charge < -0.3 is 10.1 Å². The van der Waals surface area contributed by atoms with Crippen molar-refractivity contribution in [1.82, 2.24) is 0 Å². The largest absolute Gasteiger partial charge is 0.495 e. The van der Waals surface area contributed by atoms with E-state index in [-0.39, 0.29) is 5.91 Å². The third kappa shape index (κ3) is 1.02. The van der Waals surface area contributed by atoms with Crippen LogP contribution in [0.5, 0.6) is 5.75 Å². The average molecular weight is 191 g/mol. The number of carbonyl (C=O) groups excluding carboxylic acids is 1. The predicted molar refractivity (Wildman–Crippen MR) is 54.6 cm³/mol. The van der Waals surface area contributed by atoms with Gasteiger partial charge in [0.2, 0.25) is 5.91 Å². The summed E-state index contributed by atoms with van der Waals surface area (Å²) in [4.78, 5) is 11.7. The summed E-state index contributed by atoms with van der Waals surface area (Å²) < 4.78 is 5.18. The quantitative estimate of drug-likeness (QED) is 0.736. The number of para-hydroxylation sites is 1. The second-order valence-electron chi connectivity index (χ2n) is 3.96. The molecule has 0 saturated heterocycles. The molecule has 0 aliphatic carbocycles. The van der Waals surface area contributed by atoms with Crippen molar-refractivity contribution in [2.24, 2.45) is 0 Å². The van der Waals surface area contributed by atoms with Gasteiger partial charge in [0.05, 0.1) is 18.2 Å². The third-order valence-corrected chi connectivity index (χ3v) is 2.73. The Morgan fingerprint density at radius 2 is 2.07 bits per heavy atom. The SMILES string of the molecule is COc1cccc2c1NC(=O)C2(C)C. The van der Waals surface area contributed by atoms with Crippen LogP contribution in [-0.4, -0.2) is 13.0 Å². The molecule has 0 unspecified atom stereocenters. The van der Waals surface area contributed by atoms with Gasteiger partial charge in [0, 0.05) is 0 Å². The van der Waals surface area contributed by atoms with E-state index in [0.717, 1.165) is 17.0 Å². The van der Waals surface area contributed by atoms with Crippen LogP contribution in [0.1, 0.15) is 19.4 Å². The maximum Gasteiger partial charge on any atom is 0.234 e. The molecule has 14 heavy (non-hydrogen) atoms. The summed E-state index contributed by atoms with van der Waals surface area (Å²) in [5.41, 5.74) is 1.36. The lowest BCUT2D eigenvalue weighted by Gasteiger charge is -2.14. The summed E-state index contributed by atoms with van der Waals surface area (Å²) in [6.45, 7) is 3.82. The highest BCUT2D eigenvalue weighted by atomic mass is 16.5. The van der Waals surface area contributed by atoms with Crippen molar-refractivity contribution in [3.05, 3.63) is 23.8 Å². The Kier molecular flexibility index (Phi) is 1.77. The highest BCUT2D eigenvalue weighted by Crippen LogP contribution is 2.42. The zero-order valence-electron chi connectivity index (χ0n) is 8.55. The van der Waals surface area contributed by atoms with E-state index >= 15 is 0 Å². The highest BCUT2D eigenvalue weighted by molar-refractivity contribution is 6.07. The molecule has 74 valence electrons. The second kappa shape index (κ2) is 2.74. The molecule has 1 amide bonds. The van der Waals surface area contributed by atoms with Gasteiger partial charge in [0.15, 0.2) is 0 Å². The molecule has 0 fully saturated rings. The number of hydrogen-bond acceptors (Lipinski definition) is 2. The van der Waals surface area contributed by atoms with Crippen molar-refractivity contribution >= 4 is 11.6 Å². The van der Waals surface area contributed by atoms with Crippen LogP contribution in [0, 0.1) is 0 Å². The minimum Gasteiger partial charge on any atom is -0.495 e. The van der Waals surface area contributed by atoms with Gasteiger partial charge >= 0.3 is 0 Å². The molecule has 0 aromatic heterocycles. The number of rotatable bonds is 1. The van der Waals surface area contributed by atoms with Gasteiger partial charge in [-0.15, -0.1) is 0 Å². The van der Waals surface area contributed by atoms with Crippen LogP contribution in [0.4, 0.5) is 5.69 Å². The second-order valence-corrected chi connectivity index (χ2v) is 3.96. The molecule has 0 bridgehead atoms. The van der Waals surface area contributed by atoms with Crippen molar-refractivity contribution in [1.29, 1.82) is 0 Å². The van der Waals surface area contributed by atoms with Crippen molar-refractivity contribution in [2.45, 2.75) is 19.3 Å². The number of methoxy groups -OCH3 is 1. The van der Waals surface area contributed by atoms with Gasteiger partial charge in [-0.05, 0) is 25.5 Å². The van der Waals surface area contributed by atoms with E-state index in [4.69, 9.17) is 4.74 Å². The minimum absolute atomic E-state index is 0.0250. The number of nitrogens with one attached hydrogen (secondary N) is 1. The van der Waals surface area contributed by atoms with Crippen LogP contribution in [-0.2, 0) is 10.2 Å². The fourth-order valence-electron chi connectivity index (χ4n) is 1.74. The number of amides is 1. The molecule has 1 aromatic carbocycles. The summed E-state index contributed by atoms with van der Waals surface area (Å²) >= 11 is 0. The van der Waals surface area contributed by atoms with E-state index in [0.29, 0.717) is 0 Å². The summed E-state index contributed by atoms with van der Waals surface area (Å²) in [7, 11) is 1.60. The summed E-state index contributed by atoms with van der Waals surface area (Å²) in [6.07, 6.45) is 0. The highest BCUT2D eigenvalue weighted by Gasteiger charge is 2.39. The van der Waals surface area contributed by atoms with Gasteiger partial charge in [0.1, 0.15) is 5.75 Å². The molecule has 0 radical (unpaired) electrons. The number of anilines is 1. The summed E-state index contributed by atoms with van der Waals surface area (Å²) in [5.74, 6) is 0.749. The zero-order chi connectivity index (χ0) is 10.3. The van der Waals surface area contributed by atoms with Gasteiger partial charge in [0.25, 0.3) is 0 Å². The predicted octanol–water partition coefficient (Wildman–Crippen LogP) is 1.92. The first-order valence-electron chi connectivity index (χ1n) is 4.56. The number of hydrogen-bond donors (Lipinski definition) is 1. The first-order valence-corrected chi connectivity index (χ1v) is 4.56. The average Bonchev–Trinajstić information content (AvgIpc) is 2.39. The molecule has 1 aliphatic rings. The Bertz CT molecular complexity index is 396. The Hall–Kier alpha value is -1.51. The number of fused-ring (bicyclic) bond motifs is 1. The van der Waals surface area contributed by atoms with E-state index in [1.165, 1.54) is 0 Å². The molecule has 3 heteroatoms. The molecule has 1 aliphatic heterocycles. The Morgan fingerprint density at radius 3 is 2.71 bits per heavy atom. The van der Waals surface area contributed by atoms with Gasteiger partial charge in [-0.2, -0.15) is 0 Å². The first-order chi connectivity index (χ1) is 6.57. The maximum atomic E-state index is 11.7. The van der Waals surface area contributed by atoms with Crippen molar-refractivity contribution in [2.75, 3.05) is 12.4 Å². The monoisotopic (exact) mass is 191 g/mol. The summed E-state index contributed by atoms with van der Waals surface area (Å²) in [6, 6.07) is 5.70.